The van der Waals surface area contributed by atoms with E-state index < -0.39 is 17.7 Å². The molecule has 0 atom stereocenters. The number of carbonyl (C=O) groups is 2. The molecule has 1 aliphatic rings. The second-order valence-corrected chi connectivity index (χ2v) is 4.95. The Morgan fingerprint density at radius 1 is 1.20 bits per heavy atom. The lowest BCUT2D eigenvalue weighted by molar-refractivity contribution is -0.0802. The van der Waals surface area contributed by atoms with E-state index in [4.69, 9.17) is 18.9 Å². The molecular weight excluding hydrogens is 264 g/mol. The van der Waals surface area contributed by atoms with Gasteiger partial charge in [0.1, 0.15) is 26.4 Å². The van der Waals surface area contributed by atoms with Gasteiger partial charge >= 0.3 is 12.3 Å². The Hall–Kier alpha value is -2.24. The van der Waals surface area contributed by atoms with Crippen LogP contribution in [0.15, 0.2) is 30.3 Å². The van der Waals surface area contributed by atoms with Crippen molar-refractivity contribution in [2.45, 2.75) is 13.5 Å². The lowest BCUT2D eigenvalue weighted by atomic mass is 9.94. The van der Waals surface area contributed by atoms with Crippen molar-refractivity contribution in [2.24, 2.45) is 5.41 Å². The van der Waals surface area contributed by atoms with E-state index in [9.17, 15) is 9.59 Å². The topological polar surface area (TPSA) is 71.1 Å². The van der Waals surface area contributed by atoms with Crippen LogP contribution < -0.4 is 0 Å². The fraction of sp³-hybridized carbons (Fsp3) is 0.429. The summed E-state index contributed by atoms with van der Waals surface area (Å²) in [7, 11) is 0. The molecule has 0 N–H and O–H groups in total. The Morgan fingerprint density at radius 2 is 1.85 bits per heavy atom. The van der Waals surface area contributed by atoms with Gasteiger partial charge in [-0.05, 0) is 12.5 Å². The van der Waals surface area contributed by atoms with Crippen molar-refractivity contribution in [3.8, 4) is 0 Å². The van der Waals surface area contributed by atoms with Gasteiger partial charge in [0.15, 0.2) is 0 Å². The Balaban J connectivity index is 1.71. The highest BCUT2D eigenvalue weighted by molar-refractivity contribution is 5.61. The molecule has 0 saturated carbocycles. The molecule has 0 aromatic heterocycles. The summed E-state index contributed by atoms with van der Waals surface area (Å²) >= 11 is 0. The lowest BCUT2D eigenvalue weighted by Crippen LogP contribution is -2.41. The van der Waals surface area contributed by atoms with E-state index in [1.54, 1.807) is 6.92 Å². The molecule has 0 amide bonds. The van der Waals surface area contributed by atoms with Gasteiger partial charge in [0.05, 0.1) is 5.41 Å². The minimum atomic E-state index is -0.757. The van der Waals surface area contributed by atoms with Crippen LogP contribution in [0, 0.1) is 5.41 Å². The number of rotatable bonds is 4. The monoisotopic (exact) mass is 280 g/mol. The Bertz CT molecular complexity index is 460. The number of benzene rings is 1. The Kier molecular flexibility index (Phi) is 4.45. The smallest absolute Gasteiger partial charge is 0.433 e. The molecule has 1 aromatic carbocycles. The maximum Gasteiger partial charge on any atom is 0.508 e. The first-order chi connectivity index (χ1) is 9.57. The maximum atomic E-state index is 11.5. The summed E-state index contributed by atoms with van der Waals surface area (Å²) in [5.41, 5.74) is 0.338. The lowest BCUT2D eigenvalue weighted by Gasteiger charge is -2.31. The molecule has 0 radical (unpaired) electrons. The zero-order valence-corrected chi connectivity index (χ0v) is 11.2. The molecular formula is C14H16O6. The van der Waals surface area contributed by atoms with Crippen LogP contribution in [0.4, 0.5) is 9.59 Å². The van der Waals surface area contributed by atoms with Crippen molar-refractivity contribution in [1.29, 1.82) is 0 Å². The van der Waals surface area contributed by atoms with Crippen LogP contribution in [0.25, 0.3) is 0 Å². The van der Waals surface area contributed by atoms with Crippen LogP contribution in [0.2, 0.25) is 0 Å². The van der Waals surface area contributed by atoms with E-state index in [2.05, 4.69) is 0 Å². The van der Waals surface area contributed by atoms with Crippen LogP contribution >= 0.6 is 0 Å². The van der Waals surface area contributed by atoms with Crippen LogP contribution in [0.1, 0.15) is 12.5 Å². The normalized spacial score (nSPS) is 16.8. The molecule has 6 heteroatoms. The number of ether oxygens (including phenoxy) is 4. The summed E-state index contributed by atoms with van der Waals surface area (Å²) in [4.78, 5) is 22.2. The molecule has 2 rings (SSSR count). The van der Waals surface area contributed by atoms with Gasteiger partial charge in [0, 0.05) is 0 Å². The van der Waals surface area contributed by atoms with Crippen LogP contribution in [0.5, 0.6) is 0 Å². The van der Waals surface area contributed by atoms with Gasteiger partial charge in [0.2, 0.25) is 0 Å². The first-order valence-electron chi connectivity index (χ1n) is 6.20. The first-order valence-corrected chi connectivity index (χ1v) is 6.20. The number of cyclic esters (lactones) is 2. The summed E-state index contributed by atoms with van der Waals surface area (Å²) in [6, 6.07) is 9.30. The highest BCUT2D eigenvalue weighted by atomic mass is 16.7. The van der Waals surface area contributed by atoms with Crippen molar-refractivity contribution in [2.75, 3.05) is 19.8 Å². The van der Waals surface area contributed by atoms with Crippen LogP contribution in [0.3, 0.4) is 0 Å². The van der Waals surface area contributed by atoms with Crippen molar-refractivity contribution < 1.29 is 28.5 Å². The highest BCUT2D eigenvalue weighted by Gasteiger charge is 2.34. The van der Waals surface area contributed by atoms with Gasteiger partial charge in [-0.15, -0.1) is 0 Å². The second kappa shape index (κ2) is 6.27. The molecule has 108 valence electrons. The van der Waals surface area contributed by atoms with Crippen molar-refractivity contribution >= 4 is 12.3 Å². The largest absolute Gasteiger partial charge is 0.508 e. The van der Waals surface area contributed by atoms with Gasteiger partial charge in [-0.25, -0.2) is 9.59 Å². The summed E-state index contributed by atoms with van der Waals surface area (Å²) < 4.78 is 19.5. The standard InChI is InChI=1S/C14H16O6/c1-14(9-19-13(16)20-10-14)8-18-12(15)17-7-11-5-3-2-4-6-11/h2-6H,7-10H2,1H3. The molecule has 0 aliphatic carbocycles. The van der Waals surface area contributed by atoms with Crippen LogP contribution in [-0.2, 0) is 25.6 Å². The highest BCUT2D eigenvalue weighted by Crippen LogP contribution is 2.22. The Labute approximate surface area is 116 Å². The summed E-state index contributed by atoms with van der Waals surface area (Å²) in [5, 5.41) is 0. The van der Waals surface area contributed by atoms with Gasteiger partial charge in [0.25, 0.3) is 0 Å². The molecule has 1 aromatic rings. The number of hydrogen-bond acceptors (Lipinski definition) is 6. The fourth-order valence-electron chi connectivity index (χ4n) is 1.62. The second-order valence-electron chi connectivity index (χ2n) is 4.95. The summed E-state index contributed by atoms with van der Waals surface area (Å²) in [6.45, 7) is 2.31. The molecule has 1 saturated heterocycles. The average molecular weight is 280 g/mol. The van der Waals surface area contributed by atoms with Crippen LogP contribution in [-0.4, -0.2) is 32.1 Å². The van der Waals surface area contributed by atoms with E-state index >= 15 is 0 Å². The summed E-state index contributed by atoms with van der Waals surface area (Å²) in [6.07, 6.45) is -1.46. The molecule has 20 heavy (non-hydrogen) atoms. The van der Waals surface area contributed by atoms with Gasteiger partial charge < -0.3 is 18.9 Å². The number of carbonyl (C=O) groups excluding carboxylic acids is 2. The van der Waals surface area contributed by atoms with E-state index in [0.717, 1.165) is 5.56 Å². The zero-order valence-electron chi connectivity index (χ0n) is 11.2. The minimum Gasteiger partial charge on any atom is -0.433 e. The number of hydrogen-bond donors (Lipinski definition) is 0. The molecule has 1 heterocycles. The minimum absolute atomic E-state index is 0.0634. The van der Waals surface area contributed by atoms with Gasteiger partial charge in [-0.1, -0.05) is 30.3 Å². The molecule has 1 aliphatic heterocycles. The fourth-order valence-corrected chi connectivity index (χ4v) is 1.62. The zero-order chi connectivity index (χ0) is 14.4. The van der Waals surface area contributed by atoms with Crippen molar-refractivity contribution in [1.82, 2.24) is 0 Å². The third-order valence-electron chi connectivity index (χ3n) is 2.81. The third kappa shape index (κ3) is 4.15. The predicted molar refractivity (Wildman–Crippen MR) is 68.0 cm³/mol. The molecule has 1 fully saturated rings. The van der Waals surface area contributed by atoms with E-state index in [0.29, 0.717) is 0 Å². The first kappa shape index (κ1) is 14.2. The predicted octanol–water partition coefficient (Wildman–Crippen LogP) is 2.51. The average Bonchev–Trinajstić information content (AvgIpc) is 2.48. The maximum absolute atomic E-state index is 11.5. The third-order valence-corrected chi connectivity index (χ3v) is 2.81. The SMILES string of the molecule is CC1(COC(=O)OCc2ccccc2)COC(=O)OC1. The van der Waals surface area contributed by atoms with Gasteiger partial charge in [-0.3, -0.25) is 0 Å². The Morgan fingerprint density at radius 3 is 2.50 bits per heavy atom. The van der Waals surface area contributed by atoms with E-state index in [-0.39, 0.29) is 26.4 Å². The van der Waals surface area contributed by atoms with E-state index in [1.165, 1.54) is 0 Å². The van der Waals surface area contributed by atoms with Crippen molar-refractivity contribution in [3.05, 3.63) is 35.9 Å². The molecule has 0 unspecified atom stereocenters. The van der Waals surface area contributed by atoms with Gasteiger partial charge in [-0.2, -0.15) is 0 Å². The molecule has 0 bridgehead atoms. The molecule has 0 spiro atoms. The summed E-state index contributed by atoms with van der Waals surface area (Å²) in [5.74, 6) is 0. The van der Waals surface area contributed by atoms with E-state index in [1.807, 2.05) is 30.3 Å². The molecule has 6 nitrogen and oxygen atoms in total. The van der Waals surface area contributed by atoms with Crippen molar-refractivity contribution in [3.63, 3.8) is 0 Å². The quantitative estimate of drug-likeness (QED) is 0.789.